The van der Waals surface area contributed by atoms with Gasteiger partial charge in [0.25, 0.3) is 0 Å². The topological polar surface area (TPSA) is 49.8 Å². The molecule has 1 aliphatic rings. The number of esters is 1. The van der Waals surface area contributed by atoms with Gasteiger partial charge < -0.3 is 14.7 Å². The smallest absolute Gasteiger partial charge is 0.334 e. The van der Waals surface area contributed by atoms with Crippen molar-refractivity contribution in [2.75, 3.05) is 26.7 Å². The molecule has 1 unspecified atom stereocenters. The minimum absolute atomic E-state index is 0.0374. The molecule has 1 heterocycles. The predicted molar refractivity (Wildman–Crippen MR) is 77.3 cm³/mol. The van der Waals surface area contributed by atoms with Crippen molar-refractivity contribution in [3.05, 3.63) is 35.9 Å². The zero-order chi connectivity index (χ0) is 14.4. The molecule has 0 radical (unpaired) electrons. The molecular formula is C16H23NO3. The predicted octanol–water partition coefficient (Wildman–Crippen LogP) is 1.47. The van der Waals surface area contributed by atoms with E-state index in [4.69, 9.17) is 0 Å². The zero-order valence-electron chi connectivity index (χ0n) is 12.0. The Balaban J connectivity index is 1.73. The molecule has 1 aliphatic heterocycles. The summed E-state index contributed by atoms with van der Waals surface area (Å²) in [5.41, 5.74) is 1.35. The van der Waals surface area contributed by atoms with Crippen LogP contribution in [0.2, 0.25) is 0 Å². The van der Waals surface area contributed by atoms with Crippen molar-refractivity contribution < 1.29 is 14.6 Å². The number of hydrogen-bond donors (Lipinski definition) is 1. The second kappa shape index (κ2) is 7.41. The summed E-state index contributed by atoms with van der Waals surface area (Å²) in [6, 6.07) is 10.5. The minimum Gasteiger partial charge on any atom is -0.467 e. The van der Waals surface area contributed by atoms with Crippen LogP contribution in [0.3, 0.4) is 0 Å². The molecule has 0 amide bonds. The summed E-state index contributed by atoms with van der Waals surface area (Å²) < 4.78 is 4.59. The molecule has 0 saturated carbocycles. The van der Waals surface area contributed by atoms with Crippen molar-refractivity contribution in [3.8, 4) is 0 Å². The molecule has 1 N–H and O–H groups in total. The summed E-state index contributed by atoms with van der Waals surface area (Å²) in [6.07, 6.45) is 1.79. The number of piperidine rings is 1. The van der Waals surface area contributed by atoms with Crippen LogP contribution >= 0.6 is 0 Å². The average molecular weight is 277 g/mol. The Kier molecular flexibility index (Phi) is 5.56. The van der Waals surface area contributed by atoms with Gasteiger partial charge in [0.05, 0.1) is 7.11 Å². The number of aliphatic hydroxyl groups excluding tert-OH is 1. The van der Waals surface area contributed by atoms with Crippen LogP contribution in [-0.2, 0) is 16.0 Å². The lowest BCUT2D eigenvalue weighted by molar-refractivity contribution is -0.154. The Morgan fingerprint density at radius 3 is 2.60 bits per heavy atom. The summed E-state index contributed by atoms with van der Waals surface area (Å²) >= 11 is 0. The Hall–Kier alpha value is -1.39. The van der Waals surface area contributed by atoms with Crippen LogP contribution in [-0.4, -0.2) is 48.8 Å². The third-order valence-electron chi connectivity index (χ3n) is 4.08. The van der Waals surface area contributed by atoms with E-state index in [2.05, 4.69) is 33.9 Å². The second-order valence-corrected chi connectivity index (χ2v) is 5.38. The van der Waals surface area contributed by atoms with Crippen LogP contribution in [0.25, 0.3) is 0 Å². The minimum atomic E-state index is -0.962. The fourth-order valence-electron chi connectivity index (χ4n) is 2.74. The first-order valence-electron chi connectivity index (χ1n) is 7.23. The van der Waals surface area contributed by atoms with Gasteiger partial charge in [-0.15, -0.1) is 0 Å². The van der Waals surface area contributed by atoms with E-state index >= 15 is 0 Å². The fraction of sp³-hybridized carbons (Fsp3) is 0.562. The third-order valence-corrected chi connectivity index (χ3v) is 4.08. The Morgan fingerprint density at radius 1 is 1.35 bits per heavy atom. The SMILES string of the molecule is COC(=O)C(O)C1CCN(CCc2ccccc2)CC1. The van der Waals surface area contributed by atoms with E-state index in [1.54, 1.807) is 0 Å². The fourth-order valence-corrected chi connectivity index (χ4v) is 2.74. The maximum absolute atomic E-state index is 11.3. The molecule has 0 bridgehead atoms. The van der Waals surface area contributed by atoms with Crippen LogP contribution in [0.1, 0.15) is 18.4 Å². The maximum Gasteiger partial charge on any atom is 0.334 e. The molecule has 0 aliphatic carbocycles. The van der Waals surface area contributed by atoms with Gasteiger partial charge in [-0.25, -0.2) is 4.79 Å². The van der Waals surface area contributed by atoms with E-state index in [-0.39, 0.29) is 5.92 Å². The Labute approximate surface area is 120 Å². The molecule has 1 atom stereocenters. The summed E-state index contributed by atoms with van der Waals surface area (Å²) in [4.78, 5) is 13.7. The van der Waals surface area contributed by atoms with Crippen LogP contribution in [0.4, 0.5) is 0 Å². The van der Waals surface area contributed by atoms with Gasteiger partial charge in [0.2, 0.25) is 0 Å². The number of carbonyl (C=O) groups excluding carboxylic acids is 1. The number of ether oxygens (including phenoxy) is 1. The maximum atomic E-state index is 11.3. The van der Waals surface area contributed by atoms with Crippen molar-refractivity contribution in [3.63, 3.8) is 0 Å². The first-order valence-corrected chi connectivity index (χ1v) is 7.23. The number of methoxy groups -OCH3 is 1. The van der Waals surface area contributed by atoms with Gasteiger partial charge in [0.1, 0.15) is 0 Å². The van der Waals surface area contributed by atoms with Crippen molar-refractivity contribution in [2.45, 2.75) is 25.4 Å². The van der Waals surface area contributed by atoms with Crippen LogP contribution < -0.4 is 0 Å². The Bertz CT molecular complexity index is 413. The standard InChI is InChI=1S/C16H23NO3/c1-20-16(19)15(18)14-8-11-17(12-9-14)10-7-13-5-3-2-4-6-13/h2-6,14-15,18H,7-12H2,1H3. The van der Waals surface area contributed by atoms with Crippen LogP contribution in [0.15, 0.2) is 30.3 Å². The molecule has 1 saturated heterocycles. The monoisotopic (exact) mass is 277 g/mol. The molecule has 0 spiro atoms. The van der Waals surface area contributed by atoms with Gasteiger partial charge in [0.15, 0.2) is 6.10 Å². The third kappa shape index (κ3) is 4.05. The first-order chi connectivity index (χ1) is 9.70. The van der Waals surface area contributed by atoms with Gasteiger partial charge in [-0.2, -0.15) is 0 Å². The number of carbonyl (C=O) groups is 1. The summed E-state index contributed by atoms with van der Waals surface area (Å²) in [5.74, 6) is -0.469. The first kappa shape index (κ1) is 15.0. The molecule has 0 aromatic heterocycles. The summed E-state index contributed by atoms with van der Waals surface area (Å²) in [7, 11) is 1.32. The van der Waals surface area contributed by atoms with Crippen molar-refractivity contribution >= 4 is 5.97 Å². The zero-order valence-corrected chi connectivity index (χ0v) is 12.0. The van der Waals surface area contributed by atoms with Crippen molar-refractivity contribution in [1.82, 2.24) is 4.90 Å². The number of nitrogens with zero attached hydrogens (tertiary/aromatic N) is 1. The van der Waals surface area contributed by atoms with E-state index in [0.29, 0.717) is 0 Å². The summed E-state index contributed by atoms with van der Waals surface area (Å²) in [5, 5.41) is 9.84. The highest BCUT2D eigenvalue weighted by atomic mass is 16.5. The van der Waals surface area contributed by atoms with E-state index in [1.165, 1.54) is 12.7 Å². The lowest BCUT2D eigenvalue weighted by Gasteiger charge is -2.33. The molecule has 20 heavy (non-hydrogen) atoms. The molecular weight excluding hydrogens is 254 g/mol. The van der Waals surface area contributed by atoms with Crippen molar-refractivity contribution in [2.24, 2.45) is 5.92 Å². The molecule has 1 aromatic carbocycles. The molecule has 110 valence electrons. The number of rotatable bonds is 5. The quantitative estimate of drug-likeness (QED) is 0.828. The van der Waals surface area contributed by atoms with Crippen molar-refractivity contribution in [1.29, 1.82) is 0 Å². The van der Waals surface area contributed by atoms with Gasteiger partial charge in [-0.05, 0) is 43.8 Å². The van der Waals surface area contributed by atoms with Gasteiger partial charge in [-0.3, -0.25) is 0 Å². The van der Waals surface area contributed by atoms with Gasteiger partial charge in [-0.1, -0.05) is 30.3 Å². The van der Waals surface area contributed by atoms with E-state index in [1.807, 2.05) is 6.07 Å². The average Bonchev–Trinajstić information content (AvgIpc) is 2.53. The molecule has 1 fully saturated rings. The number of benzene rings is 1. The van der Waals surface area contributed by atoms with E-state index in [0.717, 1.165) is 38.9 Å². The highest BCUT2D eigenvalue weighted by molar-refractivity contribution is 5.74. The van der Waals surface area contributed by atoms with Crippen LogP contribution in [0, 0.1) is 5.92 Å². The lowest BCUT2D eigenvalue weighted by Crippen LogP contribution is -2.41. The largest absolute Gasteiger partial charge is 0.467 e. The van der Waals surface area contributed by atoms with Gasteiger partial charge >= 0.3 is 5.97 Å². The molecule has 1 aromatic rings. The molecule has 2 rings (SSSR count). The molecule has 4 nitrogen and oxygen atoms in total. The highest BCUT2D eigenvalue weighted by Gasteiger charge is 2.30. The number of aliphatic hydroxyl groups is 1. The highest BCUT2D eigenvalue weighted by Crippen LogP contribution is 2.21. The number of likely N-dealkylation sites (tertiary alicyclic amines) is 1. The van der Waals surface area contributed by atoms with Gasteiger partial charge in [0, 0.05) is 6.54 Å². The lowest BCUT2D eigenvalue weighted by atomic mass is 9.91. The Morgan fingerprint density at radius 2 is 2.00 bits per heavy atom. The number of hydrogen-bond acceptors (Lipinski definition) is 4. The second-order valence-electron chi connectivity index (χ2n) is 5.38. The van der Waals surface area contributed by atoms with Crippen LogP contribution in [0.5, 0.6) is 0 Å². The normalized spacial score (nSPS) is 18.7. The summed E-state index contributed by atoms with van der Waals surface area (Å²) in [6.45, 7) is 2.90. The molecule has 4 heteroatoms. The van der Waals surface area contributed by atoms with E-state index in [9.17, 15) is 9.90 Å². The van der Waals surface area contributed by atoms with E-state index < -0.39 is 12.1 Å².